The molecule has 2 unspecified atom stereocenters. The van der Waals surface area contributed by atoms with Crippen molar-refractivity contribution < 1.29 is 0 Å². The molecule has 0 amide bonds. The number of hydrogen-bond donors (Lipinski definition) is 1. The van der Waals surface area contributed by atoms with Crippen LogP contribution in [0.3, 0.4) is 0 Å². The zero-order chi connectivity index (χ0) is 13.1. The summed E-state index contributed by atoms with van der Waals surface area (Å²) in [4.78, 5) is 12.9. The van der Waals surface area contributed by atoms with Gasteiger partial charge in [0.1, 0.15) is 6.33 Å². The van der Waals surface area contributed by atoms with Crippen molar-refractivity contribution in [3.63, 3.8) is 0 Å². The van der Waals surface area contributed by atoms with E-state index in [-0.39, 0.29) is 6.04 Å². The van der Waals surface area contributed by atoms with Gasteiger partial charge in [-0.3, -0.25) is 4.98 Å². The molecule has 98 valence electrons. The van der Waals surface area contributed by atoms with Crippen LogP contribution in [0.15, 0.2) is 37.1 Å². The molecule has 1 aliphatic carbocycles. The lowest BCUT2D eigenvalue weighted by Gasteiger charge is -2.31. The van der Waals surface area contributed by atoms with Crippen LogP contribution in [0.25, 0.3) is 0 Å². The van der Waals surface area contributed by atoms with Gasteiger partial charge < -0.3 is 5.32 Å². The molecule has 0 aliphatic heterocycles. The number of pyridine rings is 1. The molecule has 2 aromatic rings. The van der Waals surface area contributed by atoms with Crippen molar-refractivity contribution in [1.82, 2.24) is 20.3 Å². The Labute approximate surface area is 113 Å². The van der Waals surface area contributed by atoms with Gasteiger partial charge in [0, 0.05) is 41.8 Å². The van der Waals surface area contributed by atoms with E-state index in [1.165, 1.54) is 17.7 Å². The minimum absolute atomic E-state index is 0.232. The van der Waals surface area contributed by atoms with Crippen molar-refractivity contribution in [3.8, 4) is 0 Å². The van der Waals surface area contributed by atoms with Gasteiger partial charge in [-0.15, -0.1) is 0 Å². The number of aryl methyl sites for hydroxylation is 1. The van der Waals surface area contributed by atoms with E-state index in [0.717, 1.165) is 18.4 Å². The first-order valence-electron chi connectivity index (χ1n) is 6.76. The van der Waals surface area contributed by atoms with Crippen LogP contribution in [0.1, 0.15) is 41.6 Å². The highest BCUT2D eigenvalue weighted by molar-refractivity contribution is 5.29. The maximum absolute atomic E-state index is 4.61. The maximum Gasteiger partial charge on any atom is 0.115 e. The molecule has 4 heteroatoms. The molecule has 0 bridgehead atoms. The van der Waals surface area contributed by atoms with Crippen molar-refractivity contribution in [2.75, 3.05) is 7.05 Å². The molecule has 0 radical (unpaired) electrons. The zero-order valence-electron chi connectivity index (χ0n) is 11.1. The number of likely N-dealkylation sites (N-methyl/N-ethyl adjacent to an activating group) is 1. The molecule has 19 heavy (non-hydrogen) atoms. The number of nitrogens with zero attached hydrogens (tertiary/aromatic N) is 3. The molecular formula is C15H18N4. The normalized spacial score (nSPS) is 19.7. The summed E-state index contributed by atoms with van der Waals surface area (Å²) in [5, 5.41) is 3.41. The topological polar surface area (TPSA) is 50.7 Å². The number of rotatable bonds is 3. The third-order valence-corrected chi connectivity index (χ3v) is 3.89. The molecule has 2 atom stereocenters. The maximum atomic E-state index is 4.61. The molecular weight excluding hydrogens is 236 g/mol. The Kier molecular flexibility index (Phi) is 3.51. The zero-order valence-corrected chi connectivity index (χ0v) is 11.1. The molecule has 1 aliphatic rings. The van der Waals surface area contributed by atoms with E-state index in [1.54, 1.807) is 6.33 Å². The van der Waals surface area contributed by atoms with E-state index in [0.29, 0.717) is 5.92 Å². The van der Waals surface area contributed by atoms with E-state index >= 15 is 0 Å². The summed E-state index contributed by atoms with van der Waals surface area (Å²) in [5.74, 6) is 0.404. The van der Waals surface area contributed by atoms with Crippen LogP contribution in [-0.4, -0.2) is 22.0 Å². The van der Waals surface area contributed by atoms with Gasteiger partial charge in [0.25, 0.3) is 0 Å². The van der Waals surface area contributed by atoms with Gasteiger partial charge in [-0.1, -0.05) is 6.07 Å². The molecule has 0 saturated heterocycles. The molecule has 0 saturated carbocycles. The first-order chi connectivity index (χ1) is 9.40. The average molecular weight is 254 g/mol. The van der Waals surface area contributed by atoms with E-state index in [2.05, 4.69) is 26.3 Å². The molecule has 2 aromatic heterocycles. The second-order valence-corrected chi connectivity index (χ2v) is 4.98. The Bertz CT molecular complexity index is 541. The lowest BCUT2D eigenvalue weighted by Crippen LogP contribution is -2.27. The van der Waals surface area contributed by atoms with Crippen molar-refractivity contribution in [2.24, 2.45) is 0 Å². The van der Waals surface area contributed by atoms with Gasteiger partial charge in [-0.25, -0.2) is 9.97 Å². The molecule has 4 nitrogen and oxygen atoms in total. The Morgan fingerprint density at radius 3 is 2.95 bits per heavy atom. The van der Waals surface area contributed by atoms with E-state index in [9.17, 15) is 0 Å². The molecule has 0 fully saturated rings. The highest BCUT2D eigenvalue weighted by atomic mass is 14.9. The highest BCUT2D eigenvalue weighted by Crippen LogP contribution is 2.38. The smallest absolute Gasteiger partial charge is 0.115 e. The van der Waals surface area contributed by atoms with Gasteiger partial charge in [0.2, 0.25) is 0 Å². The summed E-state index contributed by atoms with van der Waals surface area (Å²) >= 11 is 0. The third-order valence-electron chi connectivity index (χ3n) is 3.89. The van der Waals surface area contributed by atoms with Gasteiger partial charge in [0.05, 0.1) is 0 Å². The number of nitrogens with one attached hydrogen (secondary N) is 1. The fourth-order valence-corrected chi connectivity index (χ4v) is 3.04. The van der Waals surface area contributed by atoms with Crippen LogP contribution in [0.4, 0.5) is 0 Å². The van der Waals surface area contributed by atoms with Crippen molar-refractivity contribution >= 4 is 0 Å². The fourth-order valence-electron chi connectivity index (χ4n) is 3.04. The first-order valence-corrected chi connectivity index (χ1v) is 6.76. The van der Waals surface area contributed by atoms with E-state index < -0.39 is 0 Å². The second kappa shape index (κ2) is 5.45. The number of hydrogen-bond acceptors (Lipinski definition) is 4. The first kappa shape index (κ1) is 12.2. The summed E-state index contributed by atoms with van der Waals surface area (Å²) in [5.41, 5.74) is 3.75. The minimum atomic E-state index is 0.232. The Morgan fingerprint density at radius 1 is 1.32 bits per heavy atom. The van der Waals surface area contributed by atoms with Crippen LogP contribution in [0, 0.1) is 0 Å². The summed E-state index contributed by atoms with van der Waals surface area (Å²) in [6.07, 6.45) is 10.8. The van der Waals surface area contributed by atoms with Gasteiger partial charge in [-0.05, 0) is 37.9 Å². The molecule has 2 heterocycles. The fraction of sp³-hybridized carbons (Fsp3) is 0.400. The minimum Gasteiger partial charge on any atom is -0.312 e. The standard InChI is InChI=1S/C15H18N4/c1-16-14(12-8-17-10-18-9-12)13-6-2-4-11-5-3-7-19-15(11)13/h3,5,7-10,13-14,16H,2,4,6H2,1H3. The van der Waals surface area contributed by atoms with Crippen LogP contribution in [0.2, 0.25) is 0 Å². The molecule has 3 rings (SSSR count). The van der Waals surface area contributed by atoms with Gasteiger partial charge in [0.15, 0.2) is 0 Å². The van der Waals surface area contributed by atoms with E-state index in [1.807, 2.05) is 31.7 Å². The summed E-state index contributed by atoms with van der Waals surface area (Å²) in [6.45, 7) is 0. The largest absolute Gasteiger partial charge is 0.312 e. The Balaban J connectivity index is 1.97. The van der Waals surface area contributed by atoms with Crippen LogP contribution >= 0.6 is 0 Å². The van der Waals surface area contributed by atoms with Crippen molar-refractivity contribution in [2.45, 2.75) is 31.2 Å². The SMILES string of the molecule is CNC(c1cncnc1)C1CCCc2cccnc21. The van der Waals surface area contributed by atoms with Crippen molar-refractivity contribution in [3.05, 3.63) is 53.9 Å². The molecule has 0 spiro atoms. The highest BCUT2D eigenvalue weighted by Gasteiger charge is 2.29. The van der Waals surface area contributed by atoms with Crippen LogP contribution < -0.4 is 5.32 Å². The summed E-state index contributed by atoms with van der Waals surface area (Å²) in [6, 6.07) is 4.46. The lowest BCUT2D eigenvalue weighted by atomic mass is 9.80. The van der Waals surface area contributed by atoms with Crippen LogP contribution in [0.5, 0.6) is 0 Å². The summed E-state index contributed by atoms with van der Waals surface area (Å²) < 4.78 is 0. The lowest BCUT2D eigenvalue weighted by molar-refractivity contribution is 0.414. The predicted molar refractivity (Wildman–Crippen MR) is 73.7 cm³/mol. The quantitative estimate of drug-likeness (QED) is 0.912. The summed E-state index contributed by atoms with van der Waals surface area (Å²) in [7, 11) is 1.99. The Hall–Kier alpha value is -1.81. The molecule has 0 aromatic carbocycles. The predicted octanol–water partition coefficient (Wildman–Crippen LogP) is 2.25. The second-order valence-electron chi connectivity index (χ2n) is 4.98. The average Bonchev–Trinajstić information content (AvgIpc) is 2.49. The van der Waals surface area contributed by atoms with Crippen molar-refractivity contribution in [1.29, 1.82) is 0 Å². The third kappa shape index (κ3) is 2.36. The van der Waals surface area contributed by atoms with Gasteiger partial charge in [-0.2, -0.15) is 0 Å². The van der Waals surface area contributed by atoms with E-state index in [4.69, 9.17) is 0 Å². The number of aromatic nitrogens is 3. The molecule has 1 N–H and O–H groups in total. The Morgan fingerprint density at radius 2 is 2.16 bits per heavy atom. The number of fused-ring (bicyclic) bond motifs is 1. The van der Waals surface area contributed by atoms with Gasteiger partial charge >= 0.3 is 0 Å². The van der Waals surface area contributed by atoms with Crippen LogP contribution in [-0.2, 0) is 6.42 Å². The monoisotopic (exact) mass is 254 g/mol.